The number of hydrogen-bond acceptors (Lipinski definition) is 2. The SMILES string of the molecule is N#Cc1ccc(Br)cc1NCC#Cc1ccccc1. The second-order valence-corrected chi connectivity index (χ2v) is 4.74. The number of halogens is 1. The molecule has 0 saturated heterocycles. The summed E-state index contributed by atoms with van der Waals surface area (Å²) in [5, 5.41) is 12.2. The molecule has 0 heterocycles. The Morgan fingerprint density at radius 2 is 1.89 bits per heavy atom. The van der Waals surface area contributed by atoms with Gasteiger partial charge in [-0.25, -0.2) is 0 Å². The van der Waals surface area contributed by atoms with E-state index in [1.165, 1.54) is 0 Å². The third kappa shape index (κ3) is 3.88. The number of nitrogens with one attached hydrogen (secondary N) is 1. The maximum absolute atomic E-state index is 9.00. The Balaban J connectivity index is 2.03. The number of benzene rings is 2. The topological polar surface area (TPSA) is 35.8 Å². The van der Waals surface area contributed by atoms with E-state index < -0.39 is 0 Å². The molecule has 0 bridgehead atoms. The Morgan fingerprint density at radius 3 is 2.63 bits per heavy atom. The number of nitriles is 1. The monoisotopic (exact) mass is 310 g/mol. The summed E-state index contributed by atoms with van der Waals surface area (Å²) in [7, 11) is 0. The summed E-state index contributed by atoms with van der Waals surface area (Å²) < 4.78 is 0.935. The minimum Gasteiger partial charge on any atom is -0.373 e. The van der Waals surface area contributed by atoms with E-state index in [1.807, 2.05) is 42.5 Å². The molecule has 92 valence electrons. The van der Waals surface area contributed by atoms with Crippen LogP contribution in [0.5, 0.6) is 0 Å². The Hall–Kier alpha value is -2.23. The predicted molar refractivity (Wildman–Crippen MR) is 80.7 cm³/mol. The molecule has 0 unspecified atom stereocenters. The highest BCUT2D eigenvalue weighted by Gasteiger charge is 2.00. The highest BCUT2D eigenvalue weighted by molar-refractivity contribution is 9.10. The van der Waals surface area contributed by atoms with Crippen LogP contribution in [-0.2, 0) is 0 Å². The number of nitrogens with zero attached hydrogens (tertiary/aromatic N) is 1. The molecule has 2 aromatic carbocycles. The molecular weight excluding hydrogens is 300 g/mol. The van der Waals surface area contributed by atoms with E-state index in [0.29, 0.717) is 12.1 Å². The van der Waals surface area contributed by atoms with Gasteiger partial charge in [0.2, 0.25) is 0 Å². The first-order chi connectivity index (χ1) is 9.29. The van der Waals surface area contributed by atoms with Crippen LogP contribution < -0.4 is 5.32 Å². The Kier molecular flexibility index (Phi) is 4.61. The number of rotatable bonds is 2. The minimum atomic E-state index is 0.500. The lowest BCUT2D eigenvalue weighted by molar-refractivity contribution is 1.35. The Morgan fingerprint density at radius 1 is 1.11 bits per heavy atom. The van der Waals surface area contributed by atoms with Gasteiger partial charge in [0.05, 0.1) is 17.8 Å². The molecule has 0 aliphatic rings. The van der Waals surface area contributed by atoms with Crippen LogP contribution in [0.2, 0.25) is 0 Å². The molecule has 0 fully saturated rings. The first kappa shape index (κ1) is 13.2. The van der Waals surface area contributed by atoms with E-state index in [-0.39, 0.29) is 0 Å². The molecule has 1 N–H and O–H groups in total. The van der Waals surface area contributed by atoms with E-state index in [9.17, 15) is 0 Å². The minimum absolute atomic E-state index is 0.500. The molecule has 3 heteroatoms. The zero-order valence-electron chi connectivity index (χ0n) is 10.2. The van der Waals surface area contributed by atoms with Crippen molar-refractivity contribution in [2.75, 3.05) is 11.9 Å². The van der Waals surface area contributed by atoms with Gasteiger partial charge >= 0.3 is 0 Å². The van der Waals surface area contributed by atoms with Gasteiger partial charge in [-0.2, -0.15) is 5.26 Å². The van der Waals surface area contributed by atoms with Crippen LogP contribution in [0.25, 0.3) is 0 Å². The quantitative estimate of drug-likeness (QED) is 0.857. The summed E-state index contributed by atoms with van der Waals surface area (Å²) in [6, 6.07) is 17.5. The molecule has 0 atom stereocenters. The molecule has 2 nitrogen and oxygen atoms in total. The highest BCUT2D eigenvalue weighted by atomic mass is 79.9. The van der Waals surface area contributed by atoms with E-state index in [2.05, 4.69) is 39.2 Å². The van der Waals surface area contributed by atoms with Gasteiger partial charge in [-0.1, -0.05) is 46.0 Å². The first-order valence-corrected chi connectivity index (χ1v) is 6.56. The summed E-state index contributed by atoms with van der Waals surface area (Å²) >= 11 is 3.39. The standard InChI is InChI=1S/C16H11BrN2/c17-15-9-8-14(12-18)16(11-15)19-10-4-7-13-5-2-1-3-6-13/h1-3,5-6,8-9,11,19H,10H2. The average Bonchev–Trinajstić information content (AvgIpc) is 2.45. The van der Waals surface area contributed by atoms with Crippen molar-refractivity contribution < 1.29 is 0 Å². The van der Waals surface area contributed by atoms with Crippen molar-refractivity contribution in [3.8, 4) is 17.9 Å². The van der Waals surface area contributed by atoms with Crippen molar-refractivity contribution in [3.05, 3.63) is 64.1 Å². The maximum atomic E-state index is 9.00. The fourth-order valence-corrected chi connectivity index (χ4v) is 1.93. The van der Waals surface area contributed by atoms with Gasteiger partial charge in [-0.05, 0) is 30.3 Å². The van der Waals surface area contributed by atoms with Gasteiger partial charge in [0.15, 0.2) is 0 Å². The lowest BCUT2D eigenvalue weighted by Crippen LogP contribution is -2.00. The van der Waals surface area contributed by atoms with Gasteiger partial charge in [0.25, 0.3) is 0 Å². The van der Waals surface area contributed by atoms with Crippen LogP contribution in [-0.4, -0.2) is 6.54 Å². The second-order valence-electron chi connectivity index (χ2n) is 3.82. The van der Waals surface area contributed by atoms with Gasteiger partial charge < -0.3 is 5.32 Å². The first-order valence-electron chi connectivity index (χ1n) is 5.77. The lowest BCUT2D eigenvalue weighted by Gasteiger charge is -2.04. The fraction of sp³-hybridized carbons (Fsp3) is 0.0625. The summed E-state index contributed by atoms with van der Waals surface area (Å²) in [4.78, 5) is 0. The third-order valence-corrected chi connectivity index (χ3v) is 2.97. The van der Waals surface area contributed by atoms with E-state index >= 15 is 0 Å². The number of anilines is 1. The van der Waals surface area contributed by atoms with Crippen molar-refractivity contribution in [2.24, 2.45) is 0 Å². The maximum Gasteiger partial charge on any atom is 0.101 e. The Bertz CT molecular complexity index is 661. The van der Waals surface area contributed by atoms with Gasteiger partial charge in [-0.3, -0.25) is 0 Å². The third-order valence-electron chi connectivity index (χ3n) is 2.48. The molecule has 0 aromatic heterocycles. The zero-order valence-corrected chi connectivity index (χ0v) is 11.7. The average molecular weight is 311 g/mol. The molecule has 0 aliphatic heterocycles. The van der Waals surface area contributed by atoms with Crippen LogP contribution in [0, 0.1) is 23.2 Å². The van der Waals surface area contributed by atoms with Crippen molar-refractivity contribution in [1.29, 1.82) is 5.26 Å². The molecule has 0 amide bonds. The number of hydrogen-bond donors (Lipinski definition) is 1. The highest BCUT2D eigenvalue weighted by Crippen LogP contribution is 2.20. The van der Waals surface area contributed by atoms with Crippen LogP contribution in [0.4, 0.5) is 5.69 Å². The van der Waals surface area contributed by atoms with Crippen LogP contribution in [0.3, 0.4) is 0 Å². The molecule has 2 aromatic rings. The molecular formula is C16H11BrN2. The molecule has 2 rings (SSSR count). The van der Waals surface area contributed by atoms with Crippen molar-refractivity contribution in [1.82, 2.24) is 0 Å². The summed E-state index contributed by atoms with van der Waals surface area (Å²) in [5.74, 6) is 6.09. The summed E-state index contributed by atoms with van der Waals surface area (Å²) in [6.07, 6.45) is 0. The largest absolute Gasteiger partial charge is 0.373 e. The summed E-state index contributed by atoms with van der Waals surface area (Å²) in [6.45, 7) is 0.500. The fourth-order valence-electron chi connectivity index (χ4n) is 1.57. The molecule has 0 radical (unpaired) electrons. The Labute approximate surface area is 121 Å². The zero-order chi connectivity index (χ0) is 13.5. The van der Waals surface area contributed by atoms with Gasteiger partial charge in [0.1, 0.15) is 6.07 Å². The second kappa shape index (κ2) is 6.64. The van der Waals surface area contributed by atoms with Gasteiger partial charge in [-0.15, -0.1) is 0 Å². The van der Waals surface area contributed by atoms with Crippen molar-refractivity contribution in [2.45, 2.75) is 0 Å². The van der Waals surface area contributed by atoms with Crippen molar-refractivity contribution in [3.63, 3.8) is 0 Å². The predicted octanol–water partition coefficient (Wildman–Crippen LogP) is 3.78. The van der Waals surface area contributed by atoms with E-state index in [4.69, 9.17) is 5.26 Å². The van der Waals surface area contributed by atoms with Gasteiger partial charge in [0, 0.05) is 10.0 Å². The molecule has 0 spiro atoms. The van der Waals surface area contributed by atoms with Crippen molar-refractivity contribution >= 4 is 21.6 Å². The summed E-state index contributed by atoms with van der Waals surface area (Å²) in [5.41, 5.74) is 2.39. The molecule has 0 aliphatic carbocycles. The molecule has 19 heavy (non-hydrogen) atoms. The smallest absolute Gasteiger partial charge is 0.101 e. The van der Waals surface area contributed by atoms with E-state index in [1.54, 1.807) is 6.07 Å². The van der Waals surface area contributed by atoms with Crippen LogP contribution in [0.1, 0.15) is 11.1 Å². The lowest BCUT2D eigenvalue weighted by atomic mass is 10.2. The van der Waals surface area contributed by atoms with E-state index in [0.717, 1.165) is 15.7 Å². The normalized spacial score (nSPS) is 9.05. The molecule has 0 saturated carbocycles. The van der Waals surface area contributed by atoms with Crippen LogP contribution in [0.15, 0.2) is 53.0 Å². The van der Waals surface area contributed by atoms with Crippen LogP contribution >= 0.6 is 15.9 Å².